The average molecular weight is 384 g/mol. The van der Waals surface area contributed by atoms with Crippen LogP contribution >= 0.6 is 27.3 Å². The summed E-state index contributed by atoms with van der Waals surface area (Å²) < 4.78 is 6.66. The van der Waals surface area contributed by atoms with Crippen molar-refractivity contribution in [2.45, 2.75) is 0 Å². The standard InChI is InChI=1S/C18H10BrNO2S/c19-15-5-2-1-4-14(15)16-8-7-13(22-16)10-12(11-20)18(21)17-6-3-9-23-17/h1-10H/b12-10+. The Balaban J connectivity index is 1.92. The Morgan fingerprint density at radius 1 is 1.17 bits per heavy atom. The van der Waals surface area contributed by atoms with E-state index in [1.54, 1.807) is 23.6 Å². The Hall–Kier alpha value is -2.42. The van der Waals surface area contributed by atoms with E-state index in [1.165, 1.54) is 17.4 Å². The number of carbonyl (C=O) groups is 1. The van der Waals surface area contributed by atoms with Crippen LogP contribution in [0.3, 0.4) is 0 Å². The summed E-state index contributed by atoms with van der Waals surface area (Å²) in [7, 11) is 0. The number of carbonyl (C=O) groups excluding carboxylic acids is 1. The zero-order valence-corrected chi connectivity index (χ0v) is 14.2. The van der Waals surface area contributed by atoms with Crippen molar-refractivity contribution in [1.29, 1.82) is 5.26 Å². The van der Waals surface area contributed by atoms with Gasteiger partial charge in [-0.3, -0.25) is 4.79 Å². The Bertz CT molecular complexity index is 917. The number of nitrogens with zero attached hydrogens (tertiary/aromatic N) is 1. The monoisotopic (exact) mass is 383 g/mol. The molecule has 0 N–H and O–H groups in total. The molecule has 0 aliphatic carbocycles. The summed E-state index contributed by atoms with van der Waals surface area (Å²) in [5, 5.41) is 11.0. The number of furan rings is 1. The molecule has 0 unspecified atom stereocenters. The van der Waals surface area contributed by atoms with Crippen LogP contribution in [0.4, 0.5) is 0 Å². The number of halogens is 1. The lowest BCUT2D eigenvalue weighted by Gasteiger charge is -1.99. The molecule has 0 saturated carbocycles. The molecule has 1 aromatic carbocycles. The lowest BCUT2D eigenvalue weighted by molar-refractivity contribution is 0.104. The van der Waals surface area contributed by atoms with Gasteiger partial charge in [-0.2, -0.15) is 5.26 Å². The third-order valence-corrected chi connectivity index (χ3v) is 4.72. The lowest BCUT2D eigenvalue weighted by Crippen LogP contribution is -1.98. The van der Waals surface area contributed by atoms with Gasteiger partial charge < -0.3 is 4.42 Å². The van der Waals surface area contributed by atoms with Crippen LogP contribution in [-0.2, 0) is 0 Å². The van der Waals surface area contributed by atoms with Crippen molar-refractivity contribution < 1.29 is 9.21 Å². The second-order valence-electron chi connectivity index (χ2n) is 4.66. The molecular weight excluding hydrogens is 374 g/mol. The SMILES string of the molecule is N#C/C(=C\c1ccc(-c2ccccc2Br)o1)C(=O)c1cccs1. The topological polar surface area (TPSA) is 54.0 Å². The van der Waals surface area contributed by atoms with Gasteiger partial charge in [0.15, 0.2) is 0 Å². The number of allylic oxidation sites excluding steroid dienone is 1. The smallest absolute Gasteiger partial charge is 0.213 e. The highest BCUT2D eigenvalue weighted by Gasteiger charge is 2.14. The van der Waals surface area contributed by atoms with Crippen LogP contribution in [0.1, 0.15) is 15.4 Å². The maximum absolute atomic E-state index is 12.2. The molecule has 112 valence electrons. The highest BCUT2D eigenvalue weighted by molar-refractivity contribution is 9.10. The third-order valence-electron chi connectivity index (χ3n) is 3.16. The van der Waals surface area contributed by atoms with Gasteiger partial charge in [0.2, 0.25) is 5.78 Å². The molecule has 0 atom stereocenters. The van der Waals surface area contributed by atoms with Crippen molar-refractivity contribution in [3.05, 3.63) is 74.6 Å². The normalized spacial score (nSPS) is 11.2. The van der Waals surface area contributed by atoms with Gasteiger partial charge in [-0.1, -0.05) is 40.2 Å². The van der Waals surface area contributed by atoms with Crippen LogP contribution in [0.5, 0.6) is 0 Å². The van der Waals surface area contributed by atoms with Crippen molar-refractivity contribution in [1.82, 2.24) is 0 Å². The van der Waals surface area contributed by atoms with Gasteiger partial charge in [-0.15, -0.1) is 11.3 Å². The van der Waals surface area contributed by atoms with Crippen LogP contribution in [-0.4, -0.2) is 5.78 Å². The van der Waals surface area contributed by atoms with Crippen LogP contribution < -0.4 is 0 Å². The van der Waals surface area contributed by atoms with E-state index in [0.717, 1.165) is 10.0 Å². The molecule has 0 bridgehead atoms. The first-order valence-corrected chi connectivity index (χ1v) is 8.41. The molecule has 5 heteroatoms. The van der Waals surface area contributed by atoms with Crippen molar-refractivity contribution in [2.24, 2.45) is 0 Å². The first-order chi connectivity index (χ1) is 11.2. The van der Waals surface area contributed by atoms with Gasteiger partial charge >= 0.3 is 0 Å². The number of benzene rings is 1. The van der Waals surface area contributed by atoms with Gasteiger partial charge in [-0.05, 0) is 29.6 Å². The minimum absolute atomic E-state index is 0.0560. The second kappa shape index (κ2) is 6.78. The Morgan fingerprint density at radius 2 is 2.00 bits per heavy atom. The summed E-state index contributed by atoms with van der Waals surface area (Å²) >= 11 is 4.79. The van der Waals surface area contributed by atoms with Gasteiger partial charge in [0.1, 0.15) is 23.2 Å². The van der Waals surface area contributed by atoms with E-state index < -0.39 is 0 Å². The van der Waals surface area contributed by atoms with Crippen LogP contribution in [0.15, 0.2) is 68.4 Å². The van der Waals surface area contributed by atoms with E-state index >= 15 is 0 Å². The molecule has 0 amide bonds. The summed E-state index contributed by atoms with van der Waals surface area (Å²) in [6.07, 6.45) is 1.47. The molecule has 0 aliphatic rings. The van der Waals surface area contributed by atoms with Crippen molar-refractivity contribution >= 4 is 39.1 Å². The fourth-order valence-corrected chi connectivity index (χ4v) is 3.23. The molecule has 23 heavy (non-hydrogen) atoms. The first-order valence-electron chi connectivity index (χ1n) is 6.74. The summed E-state index contributed by atoms with van der Waals surface area (Å²) in [6.45, 7) is 0. The summed E-state index contributed by atoms with van der Waals surface area (Å²) in [5.74, 6) is 0.850. The van der Waals surface area contributed by atoms with Gasteiger partial charge in [0.25, 0.3) is 0 Å². The minimum Gasteiger partial charge on any atom is -0.457 e. The summed E-state index contributed by atoms with van der Waals surface area (Å²) in [5.41, 5.74) is 0.968. The predicted molar refractivity (Wildman–Crippen MR) is 94.1 cm³/mol. The van der Waals surface area contributed by atoms with Crippen LogP contribution in [0, 0.1) is 11.3 Å². The Labute approximate surface area is 145 Å². The second-order valence-corrected chi connectivity index (χ2v) is 6.46. The maximum Gasteiger partial charge on any atom is 0.213 e. The zero-order chi connectivity index (χ0) is 16.2. The highest BCUT2D eigenvalue weighted by Crippen LogP contribution is 2.30. The summed E-state index contributed by atoms with van der Waals surface area (Å²) in [6, 6.07) is 16.7. The van der Waals surface area contributed by atoms with Crippen LogP contribution in [0.25, 0.3) is 17.4 Å². The fourth-order valence-electron chi connectivity index (χ4n) is 2.07. The molecule has 2 heterocycles. The molecule has 0 radical (unpaired) electrons. The van der Waals surface area contributed by atoms with Gasteiger partial charge in [-0.25, -0.2) is 0 Å². The van der Waals surface area contributed by atoms with E-state index in [-0.39, 0.29) is 11.4 Å². The average Bonchev–Trinajstić information content (AvgIpc) is 3.24. The molecule has 2 aromatic heterocycles. The third kappa shape index (κ3) is 3.34. The maximum atomic E-state index is 12.2. The van der Waals surface area contributed by atoms with Crippen molar-refractivity contribution in [3.8, 4) is 17.4 Å². The predicted octanol–water partition coefficient (Wildman–Crippen LogP) is 5.56. The zero-order valence-electron chi connectivity index (χ0n) is 11.8. The number of ketones is 1. The Morgan fingerprint density at radius 3 is 2.70 bits per heavy atom. The largest absolute Gasteiger partial charge is 0.457 e. The molecule has 0 saturated heterocycles. The van der Waals surface area contributed by atoms with E-state index in [1.807, 2.05) is 36.4 Å². The first kappa shape index (κ1) is 15.5. The fraction of sp³-hybridized carbons (Fsp3) is 0. The number of nitriles is 1. The quantitative estimate of drug-likeness (QED) is 0.336. The van der Waals surface area contributed by atoms with E-state index in [0.29, 0.717) is 16.4 Å². The molecular formula is C18H10BrNO2S. The molecule has 0 aliphatic heterocycles. The van der Waals surface area contributed by atoms with Crippen molar-refractivity contribution in [2.75, 3.05) is 0 Å². The number of thiophene rings is 1. The number of hydrogen-bond donors (Lipinski definition) is 0. The Kier molecular flexibility index (Phi) is 4.56. The molecule has 3 nitrogen and oxygen atoms in total. The molecule has 0 spiro atoms. The molecule has 3 aromatic rings. The lowest BCUT2D eigenvalue weighted by atomic mass is 10.1. The highest BCUT2D eigenvalue weighted by atomic mass is 79.9. The van der Waals surface area contributed by atoms with Gasteiger partial charge in [0.05, 0.1) is 4.88 Å². The van der Waals surface area contributed by atoms with E-state index in [2.05, 4.69) is 15.9 Å². The van der Waals surface area contributed by atoms with E-state index in [9.17, 15) is 10.1 Å². The molecule has 0 fully saturated rings. The number of rotatable bonds is 4. The minimum atomic E-state index is -0.290. The van der Waals surface area contributed by atoms with Crippen molar-refractivity contribution in [3.63, 3.8) is 0 Å². The number of Topliss-reactive ketones (excluding diaryl/α,β-unsaturated/α-hetero) is 1. The van der Waals surface area contributed by atoms with Crippen LogP contribution in [0.2, 0.25) is 0 Å². The van der Waals surface area contributed by atoms with Gasteiger partial charge in [0, 0.05) is 16.1 Å². The van der Waals surface area contributed by atoms with E-state index in [4.69, 9.17) is 4.42 Å². The number of hydrogen-bond acceptors (Lipinski definition) is 4. The molecule has 3 rings (SSSR count). The summed E-state index contributed by atoms with van der Waals surface area (Å²) in [4.78, 5) is 12.8.